The average Bonchev–Trinajstić information content (AvgIpc) is 3.43. The van der Waals surface area contributed by atoms with Crippen LogP contribution in [0.25, 0.3) is 0 Å². The van der Waals surface area contributed by atoms with Gasteiger partial charge in [0, 0.05) is 44.4 Å². The number of hydrogen-bond donors (Lipinski definition) is 1. The minimum atomic E-state index is -4.60. The third-order valence-electron chi connectivity index (χ3n) is 7.96. The van der Waals surface area contributed by atoms with E-state index in [0.29, 0.717) is 22.6 Å². The maximum absolute atomic E-state index is 14.2. The Hall–Kier alpha value is -3.73. The number of alkyl halides is 3. The second-order valence-electron chi connectivity index (χ2n) is 10.8. The molecule has 11 heteroatoms. The van der Waals surface area contributed by atoms with E-state index in [9.17, 15) is 22.8 Å². The zero-order valence-corrected chi connectivity index (χ0v) is 22.3. The van der Waals surface area contributed by atoms with Crippen LogP contribution in [0.5, 0.6) is 0 Å². The Morgan fingerprint density at radius 3 is 2.56 bits per heavy atom. The highest BCUT2D eigenvalue weighted by Crippen LogP contribution is 2.40. The smallest absolute Gasteiger partial charge is 0.332 e. The number of halogens is 3. The quantitative estimate of drug-likeness (QED) is 0.474. The summed E-state index contributed by atoms with van der Waals surface area (Å²) in [7, 11) is 3.40. The van der Waals surface area contributed by atoms with Gasteiger partial charge in [0.25, 0.3) is 5.91 Å². The van der Waals surface area contributed by atoms with Crippen molar-refractivity contribution >= 4 is 17.5 Å². The Balaban J connectivity index is 1.50. The van der Waals surface area contributed by atoms with Gasteiger partial charge in [-0.05, 0) is 67.1 Å². The monoisotopic (exact) mass is 540 g/mol. The molecule has 1 saturated carbocycles. The molecule has 2 aromatic carbocycles. The SMILES string of the molecule is CC(=O)N(C)C(c1cccc(N2Cc3c(cc(CNC4(C)CCC4)cc3C(F)(F)F)C2=O)c1)c1nncn1C. The van der Waals surface area contributed by atoms with Crippen LogP contribution in [0.4, 0.5) is 18.9 Å². The largest absolute Gasteiger partial charge is 0.416 e. The highest BCUT2D eigenvalue weighted by atomic mass is 19.4. The Morgan fingerprint density at radius 1 is 1.23 bits per heavy atom. The molecule has 2 heterocycles. The second kappa shape index (κ2) is 9.78. The van der Waals surface area contributed by atoms with Crippen molar-refractivity contribution in [3.05, 3.63) is 76.4 Å². The topological polar surface area (TPSA) is 83.4 Å². The van der Waals surface area contributed by atoms with Crippen molar-refractivity contribution in [2.75, 3.05) is 11.9 Å². The van der Waals surface area contributed by atoms with Crippen LogP contribution in [0.3, 0.4) is 0 Å². The summed E-state index contributed by atoms with van der Waals surface area (Å²) >= 11 is 0. The molecule has 1 N–H and O–H groups in total. The third-order valence-corrected chi connectivity index (χ3v) is 7.96. The predicted octanol–water partition coefficient (Wildman–Crippen LogP) is 4.59. The number of nitrogens with zero attached hydrogens (tertiary/aromatic N) is 5. The van der Waals surface area contributed by atoms with Crippen molar-refractivity contribution in [1.29, 1.82) is 0 Å². The molecule has 2 amide bonds. The van der Waals surface area contributed by atoms with Gasteiger partial charge < -0.3 is 19.7 Å². The first-order chi connectivity index (χ1) is 18.4. The molecule has 1 aliphatic heterocycles. The number of hydrogen-bond acceptors (Lipinski definition) is 5. The number of aromatic nitrogens is 3. The van der Waals surface area contributed by atoms with Crippen LogP contribution in [-0.4, -0.2) is 44.1 Å². The Bertz CT molecular complexity index is 1430. The summed E-state index contributed by atoms with van der Waals surface area (Å²) in [6.07, 6.45) is -0.0351. The van der Waals surface area contributed by atoms with E-state index >= 15 is 0 Å². The van der Waals surface area contributed by atoms with E-state index in [1.165, 1.54) is 23.1 Å². The fraction of sp³-hybridized carbons (Fsp3) is 0.429. The molecule has 5 rings (SSSR count). The van der Waals surface area contributed by atoms with Gasteiger partial charge in [0.05, 0.1) is 12.1 Å². The number of benzene rings is 2. The van der Waals surface area contributed by atoms with E-state index in [2.05, 4.69) is 22.4 Å². The summed E-state index contributed by atoms with van der Waals surface area (Å²) in [6, 6.07) is 9.05. The van der Waals surface area contributed by atoms with Crippen molar-refractivity contribution in [2.45, 2.75) is 64.0 Å². The fourth-order valence-corrected chi connectivity index (χ4v) is 5.36. The molecule has 2 aliphatic rings. The number of carbonyl (C=O) groups excluding carboxylic acids is 2. The number of aryl methyl sites for hydroxylation is 1. The fourth-order valence-electron chi connectivity index (χ4n) is 5.36. The molecule has 1 fully saturated rings. The van der Waals surface area contributed by atoms with Crippen molar-refractivity contribution in [2.24, 2.45) is 7.05 Å². The lowest BCUT2D eigenvalue weighted by atomic mass is 9.78. The summed E-state index contributed by atoms with van der Waals surface area (Å²) in [6.45, 7) is 3.55. The lowest BCUT2D eigenvalue weighted by Crippen LogP contribution is -2.47. The highest BCUT2D eigenvalue weighted by Gasteiger charge is 2.41. The second-order valence-corrected chi connectivity index (χ2v) is 10.8. The van der Waals surface area contributed by atoms with Gasteiger partial charge in [-0.2, -0.15) is 13.2 Å². The van der Waals surface area contributed by atoms with E-state index in [4.69, 9.17) is 0 Å². The molecule has 1 aromatic heterocycles. The summed E-state index contributed by atoms with van der Waals surface area (Å²) in [5, 5.41) is 11.5. The van der Waals surface area contributed by atoms with Crippen LogP contribution < -0.4 is 10.2 Å². The van der Waals surface area contributed by atoms with Crippen molar-refractivity contribution in [3.63, 3.8) is 0 Å². The van der Waals surface area contributed by atoms with Crippen molar-refractivity contribution < 1.29 is 22.8 Å². The first-order valence-corrected chi connectivity index (χ1v) is 12.8. The van der Waals surface area contributed by atoms with Gasteiger partial charge in [-0.25, -0.2) is 0 Å². The zero-order chi connectivity index (χ0) is 28.1. The van der Waals surface area contributed by atoms with E-state index in [-0.39, 0.29) is 35.7 Å². The van der Waals surface area contributed by atoms with Gasteiger partial charge in [0.1, 0.15) is 12.4 Å². The van der Waals surface area contributed by atoms with E-state index in [0.717, 1.165) is 25.3 Å². The lowest BCUT2D eigenvalue weighted by Gasteiger charge is -2.39. The molecule has 3 aromatic rings. The summed E-state index contributed by atoms with van der Waals surface area (Å²) < 4.78 is 44.2. The molecular weight excluding hydrogens is 509 g/mol. The number of fused-ring (bicyclic) bond motifs is 1. The maximum Gasteiger partial charge on any atom is 0.416 e. The van der Waals surface area contributed by atoms with Crippen LogP contribution >= 0.6 is 0 Å². The van der Waals surface area contributed by atoms with E-state index < -0.39 is 23.7 Å². The van der Waals surface area contributed by atoms with Crippen LogP contribution in [0.1, 0.15) is 77.6 Å². The third kappa shape index (κ3) is 5.03. The van der Waals surface area contributed by atoms with Gasteiger partial charge in [0.2, 0.25) is 5.91 Å². The Kier molecular flexibility index (Phi) is 6.74. The van der Waals surface area contributed by atoms with Gasteiger partial charge in [-0.3, -0.25) is 9.59 Å². The molecule has 206 valence electrons. The maximum atomic E-state index is 14.2. The van der Waals surface area contributed by atoms with Crippen LogP contribution in [-0.2, 0) is 31.1 Å². The van der Waals surface area contributed by atoms with Crippen molar-refractivity contribution in [3.8, 4) is 0 Å². The molecule has 0 saturated heterocycles. The molecule has 1 atom stereocenters. The van der Waals surface area contributed by atoms with Gasteiger partial charge in [0.15, 0.2) is 5.82 Å². The van der Waals surface area contributed by atoms with Crippen LogP contribution in [0, 0.1) is 0 Å². The number of amides is 2. The van der Waals surface area contributed by atoms with Gasteiger partial charge >= 0.3 is 6.18 Å². The molecule has 0 radical (unpaired) electrons. The first-order valence-electron chi connectivity index (χ1n) is 12.8. The number of carbonyl (C=O) groups is 2. The highest BCUT2D eigenvalue weighted by molar-refractivity contribution is 6.10. The molecular formula is C28H31F3N6O2. The number of nitrogens with one attached hydrogen (secondary N) is 1. The Morgan fingerprint density at radius 2 is 1.97 bits per heavy atom. The zero-order valence-electron chi connectivity index (χ0n) is 22.3. The molecule has 8 nitrogen and oxygen atoms in total. The number of rotatable bonds is 7. The van der Waals surface area contributed by atoms with Crippen LogP contribution in [0.15, 0.2) is 42.7 Å². The van der Waals surface area contributed by atoms with Crippen LogP contribution in [0.2, 0.25) is 0 Å². The Labute approximate surface area is 224 Å². The molecule has 0 spiro atoms. The molecule has 39 heavy (non-hydrogen) atoms. The van der Waals surface area contributed by atoms with E-state index in [1.807, 2.05) is 0 Å². The van der Waals surface area contributed by atoms with Crippen molar-refractivity contribution in [1.82, 2.24) is 25.0 Å². The summed E-state index contributed by atoms with van der Waals surface area (Å²) in [5.74, 6) is -0.179. The van der Waals surface area contributed by atoms with Gasteiger partial charge in [-0.1, -0.05) is 12.1 Å². The minimum Gasteiger partial charge on any atom is -0.332 e. The average molecular weight is 541 g/mol. The lowest BCUT2D eigenvalue weighted by molar-refractivity contribution is -0.138. The summed E-state index contributed by atoms with van der Waals surface area (Å²) in [5.41, 5.74) is 0.700. The first kappa shape index (κ1) is 26.9. The molecule has 1 aliphatic carbocycles. The standard InChI is InChI=1S/C28H31F3N6O2/c1-17(38)36(4)24(25-34-33-16-35(25)3)19-7-5-8-20(13-19)37-15-22-21(26(37)39)11-18(12-23(22)28(29,30)31)14-32-27(2)9-6-10-27/h5,7-8,11-13,16,24,32H,6,9-10,14-15H2,1-4H3. The normalized spacial score (nSPS) is 17.1. The minimum absolute atomic E-state index is 0.0257. The van der Waals surface area contributed by atoms with E-state index in [1.54, 1.807) is 49.0 Å². The number of anilines is 1. The van der Waals surface area contributed by atoms with Gasteiger partial charge in [-0.15, -0.1) is 10.2 Å². The molecule has 0 bridgehead atoms. The molecule has 1 unspecified atom stereocenters. The summed E-state index contributed by atoms with van der Waals surface area (Å²) in [4.78, 5) is 28.7. The predicted molar refractivity (Wildman–Crippen MR) is 139 cm³/mol.